The number of halogens is 2. The largest absolute Gasteiger partial charge is 0.493 e. The lowest BCUT2D eigenvalue weighted by Crippen LogP contribution is -2.41. The van der Waals surface area contributed by atoms with Gasteiger partial charge in [0.2, 0.25) is 0 Å². The Hall–Kier alpha value is -0.150. The summed E-state index contributed by atoms with van der Waals surface area (Å²) in [5, 5.41) is 6.56. The van der Waals surface area contributed by atoms with E-state index in [0.717, 1.165) is 60.3 Å². The van der Waals surface area contributed by atoms with Crippen molar-refractivity contribution in [3.63, 3.8) is 0 Å². The van der Waals surface area contributed by atoms with Crippen LogP contribution >= 0.6 is 51.7 Å². The number of aliphatic imine (C=N–C) groups is 1. The van der Waals surface area contributed by atoms with E-state index in [4.69, 9.17) is 4.74 Å². The topological polar surface area (TPSA) is 45.6 Å². The van der Waals surface area contributed by atoms with Gasteiger partial charge in [0.25, 0.3) is 0 Å². The minimum atomic E-state index is 0. The molecule has 21 heavy (non-hydrogen) atoms. The maximum absolute atomic E-state index is 5.68. The molecule has 2 rings (SSSR count). The van der Waals surface area contributed by atoms with E-state index in [0.29, 0.717) is 0 Å². The molecule has 1 aliphatic rings. The summed E-state index contributed by atoms with van der Waals surface area (Å²) >= 11 is 5.32. The number of ether oxygens (including phenoxy) is 1. The zero-order valence-electron chi connectivity index (χ0n) is 11.8. The van der Waals surface area contributed by atoms with Crippen molar-refractivity contribution in [2.45, 2.75) is 6.42 Å². The highest BCUT2D eigenvalue weighted by molar-refractivity contribution is 14.0. The zero-order chi connectivity index (χ0) is 14.0. The van der Waals surface area contributed by atoms with Gasteiger partial charge in [-0.15, -0.1) is 24.0 Å². The molecule has 0 aromatic heterocycles. The summed E-state index contributed by atoms with van der Waals surface area (Å²) in [6, 6.07) is 7.94. The summed E-state index contributed by atoms with van der Waals surface area (Å²) < 4.78 is 6.72. The lowest BCUT2D eigenvalue weighted by molar-refractivity contribution is 0.344. The number of rotatable bonds is 7. The minimum Gasteiger partial charge on any atom is -0.493 e. The van der Waals surface area contributed by atoms with E-state index in [9.17, 15) is 0 Å². The third-order valence-electron chi connectivity index (χ3n) is 2.73. The Balaban J connectivity index is 0.00000220. The number of hydrogen-bond donors (Lipinski definition) is 2. The fraction of sp³-hybridized carbons (Fsp3) is 0.500. The summed E-state index contributed by atoms with van der Waals surface area (Å²) in [7, 11) is 0. The highest BCUT2D eigenvalue weighted by Crippen LogP contribution is 2.17. The summed E-state index contributed by atoms with van der Waals surface area (Å²) in [4.78, 5) is 4.37. The standard InChI is InChI=1S/C14H20BrN3OS.HI/c15-12-3-1-4-13(11-12)19-8-10-20-9-7-18-14-16-5-2-6-17-14;/h1,3-4,11H,2,5-10H2,(H2,16,17,18);1H. The Morgan fingerprint density at radius 1 is 1.38 bits per heavy atom. The number of nitrogens with zero attached hydrogens (tertiary/aromatic N) is 1. The normalized spacial score (nSPS) is 13.7. The van der Waals surface area contributed by atoms with Gasteiger partial charge in [-0.3, -0.25) is 4.99 Å². The molecule has 0 saturated heterocycles. The van der Waals surface area contributed by atoms with Crippen LogP contribution in [0.5, 0.6) is 5.75 Å². The quantitative estimate of drug-likeness (QED) is 0.460. The van der Waals surface area contributed by atoms with Gasteiger partial charge in [0.15, 0.2) is 5.96 Å². The van der Waals surface area contributed by atoms with Crippen LogP contribution in [-0.2, 0) is 0 Å². The number of guanidine groups is 1. The van der Waals surface area contributed by atoms with Crippen molar-refractivity contribution in [1.29, 1.82) is 0 Å². The van der Waals surface area contributed by atoms with Crippen molar-refractivity contribution in [1.82, 2.24) is 10.6 Å². The van der Waals surface area contributed by atoms with E-state index in [1.807, 2.05) is 36.0 Å². The fourth-order valence-corrected chi connectivity index (χ4v) is 2.80. The molecule has 1 aliphatic heterocycles. The van der Waals surface area contributed by atoms with Crippen molar-refractivity contribution in [3.05, 3.63) is 28.7 Å². The Morgan fingerprint density at radius 2 is 2.29 bits per heavy atom. The Kier molecular flexibility index (Phi) is 10.3. The van der Waals surface area contributed by atoms with Crippen LogP contribution in [0.15, 0.2) is 33.7 Å². The molecular weight excluding hydrogens is 465 g/mol. The van der Waals surface area contributed by atoms with E-state index in [1.54, 1.807) is 0 Å². The van der Waals surface area contributed by atoms with Gasteiger partial charge in [0, 0.05) is 35.6 Å². The molecule has 0 saturated carbocycles. The Labute approximate surface area is 156 Å². The molecule has 0 bridgehead atoms. The first-order chi connectivity index (χ1) is 9.84. The van der Waals surface area contributed by atoms with E-state index in [2.05, 4.69) is 31.6 Å². The number of nitrogens with one attached hydrogen (secondary N) is 2. The maximum Gasteiger partial charge on any atom is 0.191 e. The molecule has 1 aromatic carbocycles. The predicted octanol–water partition coefficient (Wildman–Crippen LogP) is 3.12. The summed E-state index contributed by atoms with van der Waals surface area (Å²) in [6.07, 6.45) is 1.13. The zero-order valence-corrected chi connectivity index (χ0v) is 16.5. The van der Waals surface area contributed by atoms with E-state index in [-0.39, 0.29) is 24.0 Å². The molecule has 1 aromatic rings. The first-order valence-corrected chi connectivity index (χ1v) is 8.78. The lowest BCUT2D eigenvalue weighted by Gasteiger charge is -2.15. The van der Waals surface area contributed by atoms with Gasteiger partial charge >= 0.3 is 0 Å². The van der Waals surface area contributed by atoms with Crippen molar-refractivity contribution < 1.29 is 4.74 Å². The third kappa shape index (κ3) is 8.15. The van der Waals surface area contributed by atoms with Gasteiger partial charge in [-0.2, -0.15) is 11.8 Å². The summed E-state index contributed by atoms with van der Waals surface area (Å²) in [5.74, 6) is 3.91. The van der Waals surface area contributed by atoms with Gasteiger partial charge in [-0.25, -0.2) is 0 Å². The van der Waals surface area contributed by atoms with Crippen LogP contribution < -0.4 is 15.4 Å². The predicted molar refractivity (Wildman–Crippen MR) is 105 cm³/mol. The van der Waals surface area contributed by atoms with Gasteiger partial charge < -0.3 is 15.4 Å². The van der Waals surface area contributed by atoms with Crippen LogP contribution in [-0.4, -0.2) is 43.7 Å². The first-order valence-electron chi connectivity index (χ1n) is 6.83. The first kappa shape index (κ1) is 18.9. The number of hydrogen-bond acceptors (Lipinski definition) is 5. The second-order valence-corrected chi connectivity index (χ2v) is 6.50. The monoisotopic (exact) mass is 485 g/mol. The molecule has 0 fully saturated rings. The molecule has 0 aliphatic carbocycles. The van der Waals surface area contributed by atoms with Crippen LogP contribution in [0.4, 0.5) is 0 Å². The molecule has 4 nitrogen and oxygen atoms in total. The van der Waals surface area contributed by atoms with Crippen LogP contribution in [0.1, 0.15) is 6.42 Å². The van der Waals surface area contributed by atoms with Gasteiger partial charge in [-0.05, 0) is 24.6 Å². The summed E-state index contributed by atoms with van der Waals surface area (Å²) in [5.41, 5.74) is 0. The van der Waals surface area contributed by atoms with Crippen LogP contribution in [0.25, 0.3) is 0 Å². The van der Waals surface area contributed by atoms with Crippen LogP contribution in [0.3, 0.4) is 0 Å². The van der Waals surface area contributed by atoms with Gasteiger partial charge in [0.1, 0.15) is 5.75 Å². The third-order valence-corrected chi connectivity index (χ3v) is 4.17. The fourth-order valence-electron chi connectivity index (χ4n) is 1.77. The second-order valence-electron chi connectivity index (χ2n) is 4.36. The SMILES string of the molecule is Brc1cccc(OCCSCCNC2=NCCCN2)c1.I. The Morgan fingerprint density at radius 3 is 3.05 bits per heavy atom. The molecule has 0 unspecified atom stereocenters. The average molecular weight is 486 g/mol. The van der Waals surface area contributed by atoms with Gasteiger partial charge in [-0.1, -0.05) is 22.0 Å². The van der Waals surface area contributed by atoms with E-state index in [1.165, 1.54) is 0 Å². The highest BCUT2D eigenvalue weighted by atomic mass is 127. The highest BCUT2D eigenvalue weighted by Gasteiger charge is 2.01. The molecule has 0 amide bonds. The van der Waals surface area contributed by atoms with Gasteiger partial charge in [0.05, 0.1) is 6.61 Å². The molecule has 0 spiro atoms. The molecule has 2 N–H and O–H groups in total. The van der Waals surface area contributed by atoms with Crippen molar-refractivity contribution >= 4 is 57.6 Å². The molecule has 0 atom stereocenters. The molecular formula is C14H21BrIN3OS. The van der Waals surface area contributed by atoms with Crippen LogP contribution in [0, 0.1) is 0 Å². The van der Waals surface area contributed by atoms with Crippen molar-refractivity contribution in [2.24, 2.45) is 4.99 Å². The molecule has 1 heterocycles. The number of benzene rings is 1. The number of thioether (sulfide) groups is 1. The molecule has 118 valence electrons. The minimum absolute atomic E-state index is 0. The smallest absolute Gasteiger partial charge is 0.191 e. The summed E-state index contributed by atoms with van der Waals surface area (Å²) in [6.45, 7) is 3.64. The van der Waals surface area contributed by atoms with E-state index >= 15 is 0 Å². The second kappa shape index (κ2) is 11.4. The maximum atomic E-state index is 5.68. The van der Waals surface area contributed by atoms with Crippen molar-refractivity contribution in [3.8, 4) is 5.75 Å². The average Bonchev–Trinajstić information content (AvgIpc) is 2.47. The molecule has 0 radical (unpaired) electrons. The van der Waals surface area contributed by atoms with E-state index < -0.39 is 0 Å². The van der Waals surface area contributed by atoms with Crippen LogP contribution in [0.2, 0.25) is 0 Å². The Bertz CT molecular complexity index is 448. The lowest BCUT2D eigenvalue weighted by atomic mass is 10.3. The van der Waals surface area contributed by atoms with Crippen molar-refractivity contribution in [2.75, 3.05) is 37.7 Å². The molecule has 7 heteroatoms.